The third-order valence-electron chi connectivity index (χ3n) is 5.84. The van der Waals surface area contributed by atoms with Crippen LogP contribution in [0.4, 0.5) is 5.69 Å². The highest BCUT2D eigenvalue weighted by molar-refractivity contribution is 6.03. The van der Waals surface area contributed by atoms with Gasteiger partial charge in [0.2, 0.25) is 0 Å². The maximum absolute atomic E-state index is 12.9. The highest BCUT2D eigenvalue weighted by Gasteiger charge is 2.75. The summed E-state index contributed by atoms with van der Waals surface area (Å²) < 4.78 is 5.59. The quantitative estimate of drug-likeness (QED) is 0.851. The molecule has 0 radical (unpaired) electrons. The van der Waals surface area contributed by atoms with Gasteiger partial charge in [0, 0.05) is 11.1 Å². The first kappa shape index (κ1) is 14.1. The van der Waals surface area contributed by atoms with Crippen molar-refractivity contribution < 1.29 is 14.3 Å². The average Bonchev–Trinajstić information content (AvgIpc) is 2.72. The van der Waals surface area contributed by atoms with E-state index in [9.17, 15) is 9.59 Å². The number of carbonyl (C=O) groups excluding carboxylic acids is 2. The van der Waals surface area contributed by atoms with Crippen molar-refractivity contribution in [1.82, 2.24) is 0 Å². The summed E-state index contributed by atoms with van der Waals surface area (Å²) in [6, 6.07) is 7.61. The van der Waals surface area contributed by atoms with Gasteiger partial charge >= 0.3 is 5.97 Å². The predicted octanol–water partition coefficient (Wildman–Crippen LogP) is 3.06. The van der Waals surface area contributed by atoms with Crippen LogP contribution in [-0.4, -0.2) is 17.5 Å². The largest absolute Gasteiger partial charge is 0.448 e. The number of aryl methyl sites for hydroxylation is 1. The third kappa shape index (κ3) is 1.56. The molecule has 0 spiro atoms. The number of esters is 1. The van der Waals surface area contributed by atoms with Crippen LogP contribution < -0.4 is 5.32 Å². The monoisotopic (exact) mass is 287 g/mol. The smallest absolute Gasteiger partial charge is 0.313 e. The molecule has 0 unspecified atom stereocenters. The third-order valence-corrected chi connectivity index (χ3v) is 5.84. The Morgan fingerprint density at radius 1 is 1.19 bits per heavy atom. The van der Waals surface area contributed by atoms with E-state index in [-0.39, 0.29) is 11.9 Å². The molecule has 0 aromatic heterocycles. The molecule has 2 aliphatic rings. The molecule has 4 heteroatoms. The summed E-state index contributed by atoms with van der Waals surface area (Å²) in [5, 5.41) is 2.95. The summed E-state index contributed by atoms with van der Waals surface area (Å²) in [5.41, 5.74) is -0.379. The molecule has 1 amide bonds. The van der Waals surface area contributed by atoms with Gasteiger partial charge in [-0.25, -0.2) is 0 Å². The van der Waals surface area contributed by atoms with Crippen LogP contribution >= 0.6 is 0 Å². The Labute approximate surface area is 124 Å². The highest BCUT2D eigenvalue weighted by atomic mass is 16.6. The lowest BCUT2D eigenvalue weighted by molar-refractivity contribution is -0.165. The molecule has 1 aromatic carbocycles. The van der Waals surface area contributed by atoms with Crippen molar-refractivity contribution >= 4 is 17.6 Å². The van der Waals surface area contributed by atoms with Gasteiger partial charge < -0.3 is 10.1 Å². The predicted molar refractivity (Wildman–Crippen MR) is 79.8 cm³/mol. The summed E-state index contributed by atoms with van der Waals surface area (Å²) in [6.07, 6.45) is 1.28. The van der Waals surface area contributed by atoms with E-state index in [1.807, 2.05) is 52.0 Å². The number of ether oxygens (including phenoxy) is 1. The first-order valence-electron chi connectivity index (χ1n) is 7.35. The Balaban J connectivity index is 1.96. The zero-order valence-corrected chi connectivity index (χ0v) is 12.9. The molecule has 2 bridgehead atoms. The van der Waals surface area contributed by atoms with Gasteiger partial charge in [0.25, 0.3) is 5.91 Å². The molecule has 2 fully saturated rings. The minimum Gasteiger partial charge on any atom is -0.448 e. The Morgan fingerprint density at radius 3 is 2.38 bits per heavy atom. The molecule has 1 aliphatic carbocycles. The van der Waals surface area contributed by atoms with Crippen molar-refractivity contribution in [2.45, 2.75) is 46.1 Å². The summed E-state index contributed by atoms with van der Waals surface area (Å²) in [4.78, 5) is 25.1. The molecular formula is C17H21NO3. The van der Waals surface area contributed by atoms with Crippen LogP contribution in [0.5, 0.6) is 0 Å². The van der Waals surface area contributed by atoms with Gasteiger partial charge in [-0.3, -0.25) is 9.59 Å². The Bertz CT molecular complexity index is 637. The molecule has 1 N–H and O–H groups in total. The van der Waals surface area contributed by atoms with E-state index in [2.05, 4.69) is 5.32 Å². The molecule has 1 heterocycles. The van der Waals surface area contributed by atoms with E-state index in [1.54, 1.807) is 0 Å². The second-order valence-corrected chi connectivity index (χ2v) is 6.94. The van der Waals surface area contributed by atoms with Crippen LogP contribution in [0.2, 0.25) is 0 Å². The SMILES string of the molecule is Cc1ccccc1NC(=O)[C@]12CC[C@](C)(C(=O)O1)C2(C)C. The highest BCUT2D eigenvalue weighted by Crippen LogP contribution is 2.65. The second kappa shape index (κ2) is 4.09. The van der Waals surface area contributed by atoms with Gasteiger partial charge in [0.05, 0.1) is 5.41 Å². The first-order chi connectivity index (χ1) is 9.74. The topological polar surface area (TPSA) is 55.4 Å². The zero-order valence-electron chi connectivity index (χ0n) is 12.9. The lowest BCUT2D eigenvalue weighted by Crippen LogP contribution is -2.50. The van der Waals surface area contributed by atoms with Gasteiger partial charge in [0.15, 0.2) is 5.60 Å². The van der Waals surface area contributed by atoms with Crippen LogP contribution in [-0.2, 0) is 14.3 Å². The average molecular weight is 287 g/mol. The van der Waals surface area contributed by atoms with E-state index in [1.165, 1.54) is 0 Å². The van der Waals surface area contributed by atoms with Crippen LogP contribution in [0.3, 0.4) is 0 Å². The van der Waals surface area contributed by atoms with Gasteiger partial charge in [-0.05, 0) is 38.3 Å². The maximum Gasteiger partial charge on any atom is 0.313 e. The van der Waals surface area contributed by atoms with Crippen LogP contribution in [0.1, 0.15) is 39.2 Å². The number of hydrogen-bond donors (Lipinski definition) is 1. The van der Waals surface area contributed by atoms with Crippen molar-refractivity contribution in [1.29, 1.82) is 0 Å². The number of anilines is 1. The Morgan fingerprint density at radius 2 is 1.86 bits per heavy atom. The zero-order chi connectivity index (χ0) is 15.5. The lowest BCUT2D eigenvalue weighted by Gasteiger charge is -2.35. The molecule has 21 heavy (non-hydrogen) atoms. The summed E-state index contributed by atoms with van der Waals surface area (Å²) in [7, 11) is 0. The first-order valence-corrected chi connectivity index (χ1v) is 7.35. The molecule has 3 rings (SSSR count). The van der Waals surface area contributed by atoms with Crippen LogP contribution in [0, 0.1) is 17.8 Å². The fourth-order valence-corrected chi connectivity index (χ4v) is 3.68. The van der Waals surface area contributed by atoms with Crippen LogP contribution in [0.25, 0.3) is 0 Å². The minimum atomic E-state index is -1.05. The van der Waals surface area contributed by atoms with E-state index >= 15 is 0 Å². The maximum atomic E-state index is 12.9. The van der Waals surface area contributed by atoms with E-state index in [0.717, 1.165) is 11.3 Å². The van der Waals surface area contributed by atoms with Crippen molar-refractivity contribution in [3.8, 4) is 0 Å². The number of para-hydroxylation sites is 1. The number of amides is 1. The van der Waals surface area contributed by atoms with Gasteiger partial charge in [-0.15, -0.1) is 0 Å². The number of rotatable bonds is 2. The van der Waals surface area contributed by atoms with Crippen molar-refractivity contribution in [3.05, 3.63) is 29.8 Å². The number of fused-ring (bicyclic) bond motifs is 2. The lowest BCUT2D eigenvalue weighted by atomic mass is 9.66. The summed E-state index contributed by atoms with van der Waals surface area (Å²) >= 11 is 0. The van der Waals surface area contributed by atoms with Crippen molar-refractivity contribution in [3.63, 3.8) is 0 Å². The van der Waals surface area contributed by atoms with Gasteiger partial charge in [-0.2, -0.15) is 0 Å². The Kier molecular flexibility index (Phi) is 2.75. The Hall–Kier alpha value is -1.84. The molecule has 1 saturated heterocycles. The number of benzene rings is 1. The molecule has 4 nitrogen and oxygen atoms in total. The molecule has 1 aliphatic heterocycles. The molecule has 1 aromatic rings. The molecule has 1 saturated carbocycles. The standard InChI is InChI=1S/C17H21NO3/c1-11-7-5-6-8-12(11)18-13(19)17-10-9-16(4,14(20)21-17)15(17,2)3/h5-8H,9-10H2,1-4H3,(H,18,19)/t16-,17+/m1/s1. The normalized spacial score (nSPS) is 32.9. The van der Waals surface area contributed by atoms with E-state index in [0.29, 0.717) is 12.8 Å². The summed E-state index contributed by atoms with van der Waals surface area (Å²) in [6.45, 7) is 7.77. The van der Waals surface area contributed by atoms with Gasteiger partial charge in [0.1, 0.15) is 0 Å². The van der Waals surface area contributed by atoms with Crippen LogP contribution in [0.15, 0.2) is 24.3 Å². The minimum absolute atomic E-state index is 0.212. The van der Waals surface area contributed by atoms with Crippen molar-refractivity contribution in [2.75, 3.05) is 5.32 Å². The number of hydrogen-bond acceptors (Lipinski definition) is 3. The molecule has 2 atom stereocenters. The second-order valence-electron chi connectivity index (χ2n) is 6.94. The fourth-order valence-electron chi connectivity index (χ4n) is 3.68. The van der Waals surface area contributed by atoms with E-state index in [4.69, 9.17) is 4.74 Å². The van der Waals surface area contributed by atoms with Gasteiger partial charge in [-0.1, -0.05) is 32.0 Å². The van der Waals surface area contributed by atoms with Crippen molar-refractivity contribution in [2.24, 2.45) is 10.8 Å². The fraction of sp³-hybridized carbons (Fsp3) is 0.529. The number of nitrogens with one attached hydrogen (secondary N) is 1. The molecule has 112 valence electrons. The molecular weight excluding hydrogens is 266 g/mol. The summed E-state index contributed by atoms with van der Waals surface area (Å²) in [5.74, 6) is -0.463. The number of carbonyl (C=O) groups is 2. The van der Waals surface area contributed by atoms with E-state index < -0.39 is 16.4 Å².